The second kappa shape index (κ2) is 3.69. The molecule has 0 spiro atoms. The van der Waals surface area contributed by atoms with Crippen LogP contribution in [0.25, 0.3) is 0 Å². The molecule has 2 fully saturated rings. The zero-order chi connectivity index (χ0) is 10.3. The monoisotopic (exact) mass is 223 g/mol. The number of rotatable bonds is 2. The molecule has 0 radical (unpaired) electrons. The number of fused-ring (bicyclic) bond motifs is 1. The van der Waals surface area contributed by atoms with E-state index in [1.807, 2.05) is 24.3 Å². The summed E-state index contributed by atoms with van der Waals surface area (Å²) in [5, 5.41) is 4.19. The standard InChI is InChI=1S/C12H14ClNO/c13-9-3-1-2-4-12(9)15-11-5-6-14-10-7-8(10)11/h1-4,8,10-11,14H,5-7H2. The number of ether oxygens (including phenoxy) is 1. The molecular formula is C12H14ClNO. The molecule has 2 nitrogen and oxygen atoms in total. The molecule has 2 aliphatic rings. The summed E-state index contributed by atoms with van der Waals surface area (Å²) in [6.45, 7) is 1.07. The van der Waals surface area contributed by atoms with Crippen LogP contribution >= 0.6 is 11.6 Å². The minimum Gasteiger partial charge on any atom is -0.488 e. The Balaban J connectivity index is 1.72. The summed E-state index contributed by atoms with van der Waals surface area (Å²) in [6, 6.07) is 8.42. The van der Waals surface area contributed by atoms with Gasteiger partial charge in [-0.05, 0) is 31.5 Å². The Hall–Kier alpha value is -0.730. The lowest BCUT2D eigenvalue weighted by atomic mass is 10.1. The third-order valence-electron chi connectivity index (χ3n) is 3.27. The highest BCUT2D eigenvalue weighted by Gasteiger charge is 2.46. The predicted molar refractivity (Wildman–Crippen MR) is 60.4 cm³/mol. The van der Waals surface area contributed by atoms with E-state index in [2.05, 4.69) is 5.32 Å². The first-order valence-electron chi connectivity index (χ1n) is 5.49. The van der Waals surface area contributed by atoms with E-state index in [0.29, 0.717) is 23.1 Å². The van der Waals surface area contributed by atoms with E-state index in [1.165, 1.54) is 6.42 Å². The van der Waals surface area contributed by atoms with Gasteiger partial charge in [0, 0.05) is 12.0 Å². The Bertz CT molecular complexity index is 368. The average molecular weight is 224 g/mol. The van der Waals surface area contributed by atoms with Crippen molar-refractivity contribution < 1.29 is 4.74 Å². The van der Waals surface area contributed by atoms with Crippen molar-refractivity contribution in [2.24, 2.45) is 5.92 Å². The Kier molecular flexibility index (Phi) is 2.33. The van der Waals surface area contributed by atoms with Crippen molar-refractivity contribution in [1.29, 1.82) is 0 Å². The molecule has 3 heteroatoms. The van der Waals surface area contributed by atoms with Gasteiger partial charge in [-0.2, -0.15) is 0 Å². The number of para-hydroxylation sites is 1. The van der Waals surface area contributed by atoms with Crippen molar-refractivity contribution in [2.75, 3.05) is 6.54 Å². The first-order chi connectivity index (χ1) is 7.34. The first kappa shape index (κ1) is 9.49. The lowest BCUT2D eigenvalue weighted by Crippen LogP contribution is -2.35. The summed E-state index contributed by atoms with van der Waals surface area (Å²) in [6.07, 6.45) is 2.71. The quantitative estimate of drug-likeness (QED) is 0.832. The molecule has 3 atom stereocenters. The van der Waals surface area contributed by atoms with Gasteiger partial charge in [0.15, 0.2) is 0 Å². The van der Waals surface area contributed by atoms with Crippen LogP contribution in [0.2, 0.25) is 5.02 Å². The molecule has 1 aliphatic heterocycles. The van der Waals surface area contributed by atoms with Crippen LogP contribution in [-0.4, -0.2) is 18.7 Å². The van der Waals surface area contributed by atoms with Crippen LogP contribution in [0.4, 0.5) is 0 Å². The van der Waals surface area contributed by atoms with Crippen LogP contribution in [-0.2, 0) is 0 Å². The molecule has 1 aromatic rings. The Labute approximate surface area is 94.6 Å². The number of hydrogen-bond acceptors (Lipinski definition) is 2. The van der Waals surface area contributed by atoms with Gasteiger partial charge in [-0.3, -0.25) is 0 Å². The van der Waals surface area contributed by atoms with Crippen LogP contribution < -0.4 is 10.1 Å². The number of hydrogen-bond donors (Lipinski definition) is 1. The van der Waals surface area contributed by atoms with Crippen LogP contribution in [0.5, 0.6) is 5.75 Å². The van der Waals surface area contributed by atoms with Gasteiger partial charge < -0.3 is 10.1 Å². The van der Waals surface area contributed by atoms with Crippen LogP contribution in [0.3, 0.4) is 0 Å². The largest absolute Gasteiger partial charge is 0.488 e. The summed E-state index contributed by atoms with van der Waals surface area (Å²) in [7, 11) is 0. The van der Waals surface area contributed by atoms with E-state index in [0.717, 1.165) is 18.7 Å². The third-order valence-corrected chi connectivity index (χ3v) is 3.58. The molecule has 1 heterocycles. The molecule has 1 saturated carbocycles. The number of nitrogens with one attached hydrogen (secondary N) is 1. The predicted octanol–water partition coefficient (Wildman–Crippen LogP) is 2.47. The normalized spacial score (nSPS) is 33.3. The molecular weight excluding hydrogens is 210 g/mol. The van der Waals surface area contributed by atoms with Crippen LogP contribution in [0, 0.1) is 5.92 Å². The zero-order valence-corrected chi connectivity index (χ0v) is 9.20. The smallest absolute Gasteiger partial charge is 0.138 e. The summed E-state index contributed by atoms with van der Waals surface area (Å²) in [5.74, 6) is 1.53. The molecule has 1 saturated heterocycles. The Morgan fingerprint density at radius 1 is 1.33 bits per heavy atom. The molecule has 1 aromatic carbocycles. The van der Waals surface area contributed by atoms with Crippen molar-refractivity contribution in [3.05, 3.63) is 29.3 Å². The van der Waals surface area contributed by atoms with Gasteiger partial charge in [-0.15, -0.1) is 0 Å². The minimum absolute atomic E-state index is 0.358. The van der Waals surface area contributed by atoms with Gasteiger partial charge >= 0.3 is 0 Å². The lowest BCUT2D eigenvalue weighted by Gasteiger charge is -2.23. The first-order valence-corrected chi connectivity index (χ1v) is 5.87. The summed E-state index contributed by atoms with van der Waals surface area (Å²) < 4.78 is 5.97. The fourth-order valence-electron chi connectivity index (χ4n) is 2.34. The maximum Gasteiger partial charge on any atom is 0.138 e. The van der Waals surface area contributed by atoms with Gasteiger partial charge in [-0.1, -0.05) is 23.7 Å². The van der Waals surface area contributed by atoms with E-state index in [1.54, 1.807) is 0 Å². The molecule has 0 amide bonds. The topological polar surface area (TPSA) is 21.3 Å². The molecule has 1 N–H and O–H groups in total. The average Bonchev–Trinajstić information content (AvgIpc) is 3.01. The molecule has 15 heavy (non-hydrogen) atoms. The van der Waals surface area contributed by atoms with Crippen molar-refractivity contribution >= 4 is 11.6 Å². The number of piperidine rings is 1. The molecule has 1 aliphatic carbocycles. The molecule has 0 aromatic heterocycles. The van der Waals surface area contributed by atoms with Crippen molar-refractivity contribution in [3.63, 3.8) is 0 Å². The molecule has 3 rings (SSSR count). The fraction of sp³-hybridized carbons (Fsp3) is 0.500. The summed E-state index contributed by atoms with van der Waals surface area (Å²) in [5.41, 5.74) is 0. The SMILES string of the molecule is Clc1ccccc1OC1CCNC2CC21. The van der Waals surface area contributed by atoms with Crippen LogP contribution in [0.15, 0.2) is 24.3 Å². The zero-order valence-electron chi connectivity index (χ0n) is 8.45. The van der Waals surface area contributed by atoms with E-state index in [9.17, 15) is 0 Å². The van der Waals surface area contributed by atoms with Gasteiger partial charge in [0.05, 0.1) is 5.02 Å². The summed E-state index contributed by atoms with van der Waals surface area (Å²) >= 11 is 6.06. The van der Waals surface area contributed by atoms with Crippen molar-refractivity contribution in [2.45, 2.75) is 25.0 Å². The highest BCUT2D eigenvalue weighted by Crippen LogP contribution is 2.40. The summed E-state index contributed by atoms with van der Waals surface area (Å²) in [4.78, 5) is 0. The molecule has 80 valence electrons. The maximum absolute atomic E-state index is 6.06. The highest BCUT2D eigenvalue weighted by atomic mass is 35.5. The maximum atomic E-state index is 6.06. The Morgan fingerprint density at radius 3 is 3.07 bits per heavy atom. The van der Waals surface area contributed by atoms with E-state index in [4.69, 9.17) is 16.3 Å². The van der Waals surface area contributed by atoms with Gasteiger partial charge in [0.1, 0.15) is 11.9 Å². The second-order valence-corrected chi connectivity index (χ2v) is 4.74. The highest BCUT2D eigenvalue weighted by molar-refractivity contribution is 6.32. The third kappa shape index (κ3) is 1.84. The second-order valence-electron chi connectivity index (χ2n) is 4.34. The fourth-order valence-corrected chi connectivity index (χ4v) is 2.52. The number of benzene rings is 1. The molecule has 0 bridgehead atoms. The Morgan fingerprint density at radius 2 is 2.20 bits per heavy atom. The van der Waals surface area contributed by atoms with E-state index < -0.39 is 0 Å². The van der Waals surface area contributed by atoms with Crippen molar-refractivity contribution in [1.82, 2.24) is 5.32 Å². The van der Waals surface area contributed by atoms with Gasteiger partial charge in [0.2, 0.25) is 0 Å². The number of halogens is 1. The van der Waals surface area contributed by atoms with Gasteiger partial charge in [-0.25, -0.2) is 0 Å². The van der Waals surface area contributed by atoms with E-state index >= 15 is 0 Å². The lowest BCUT2D eigenvalue weighted by molar-refractivity contribution is 0.149. The van der Waals surface area contributed by atoms with Gasteiger partial charge in [0.25, 0.3) is 0 Å². The minimum atomic E-state index is 0.358. The molecule has 3 unspecified atom stereocenters. The van der Waals surface area contributed by atoms with E-state index in [-0.39, 0.29) is 0 Å². The van der Waals surface area contributed by atoms with Crippen LogP contribution in [0.1, 0.15) is 12.8 Å². The van der Waals surface area contributed by atoms with Crippen molar-refractivity contribution in [3.8, 4) is 5.75 Å².